The zero-order chi connectivity index (χ0) is 19.8. The average molecular weight is 407 g/mol. The summed E-state index contributed by atoms with van der Waals surface area (Å²) in [6.45, 7) is 1.18. The molecule has 0 radical (unpaired) electrons. The first kappa shape index (κ1) is 17.7. The third-order valence-electron chi connectivity index (χ3n) is 4.80. The fraction of sp³-hybridized carbons (Fsp3) is 0.0909. The van der Waals surface area contributed by atoms with E-state index in [4.69, 9.17) is 16.1 Å². The molecule has 29 heavy (non-hydrogen) atoms. The van der Waals surface area contributed by atoms with E-state index >= 15 is 0 Å². The van der Waals surface area contributed by atoms with E-state index in [1.165, 1.54) is 6.07 Å². The molecule has 7 heteroatoms. The highest BCUT2D eigenvalue weighted by Crippen LogP contribution is 2.27. The SMILES string of the molecule is Fc1ccccc1-c1nc2c([nH]1)CN(Cc1cc(-c3ccc(Cl)cc3)no1)C=C2. The van der Waals surface area contributed by atoms with Gasteiger partial charge in [-0.3, -0.25) is 0 Å². The highest BCUT2D eigenvalue weighted by molar-refractivity contribution is 6.30. The lowest BCUT2D eigenvalue weighted by Gasteiger charge is -2.21. The van der Waals surface area contributed by atoms with Crippen LogP contribution in [-0.4, -0.2) is 20.0 Å². The maximum atomic E-state index is 14.1. The minimum atomic E-state index is -0.296. The number of nitrogens with zero attached hydrogens (tertiary/aromatic N) is 3. The molecule has 1 aliphatic heterocycles. The van der Waals surface area contributed by atoms with E-state index in [0.717, 1.165) is 28.4 Å². The molecule has 5 rings (SSSR count). The minimum absolute atomic E-state index is 0.296. The first-order valence-corrected chi connectivity index (χ1v) is 9.51. The Labute approximate surface area is 171 Å². The van der Waals surface area contributed by atoms with Crippen molar-refractivity contribution in [1.82, 2.24) is 20.0 Å². The van der Waals surface area contributed by atoms with Gasteiger partial charge < -0.3 is 14.4 Å². The fourth-order valence-corrected chi connectivity index (χ4v) is 3.47. The van der Waals surface area contributed by atoms with E-state index < -0.39 is 0 Å². The number of nitrogens with one attached hydrogen (secondary N) is 1. The van der Waals surface area contributed by atoms with Gasteiger partial charge >= 0.3 is 0 Å². The normalized spacial score (nSPS) is 13.0. The predicted molar refractivity (Wildman–Crippen MR) is 109 cm³/mol. The average Bonchev–Trinajstić information content (AvgIpc) is 3.35. The number of imidazole rings is 1. The van der Waals surface area contributed by atoms with Crippen molar-refractivity contribution < 1.29 is 8.91 Å². The molecule has 144 valence electrons. The van der Waals surface area contributed by atoms with Crippen molar-refractivity contribution in [3.05, 3.63) is 88.8 Å². The van der Waals surface area contributed by atoms with E-state index in [2.05, 4.69) is 20.0 Å². The number of hydrogen-bond donors (Lipinski definition) is 1. The molecule has 1 N–H and O–H groups in total. The summed E-state index contributed by atoms with van der Waals surface area (Å²) in [4.78, 5) is 9.84. The molecule has 2 aromatic carbocycles. The standard InChI is InChI=1S/C22H16ClFN4O/c23-15-7-5-14(6-8-15)20-11-16(29-27-20)12-28-10-9-19-21(13-28)26-22(25-19)17-3-1-2-4-18(17)24/h1-11H,12-13H2,(H,25,26). The lowest BCUT2D eigenvalue weighted by molar-refractivity contribution is 0.290. The number of H-pyrrole nitrogens is 1. The topological polar surface area (TPSA) is 58.0 Å². The molecular weight excluding hydrogens is 391 g/mol. The largest absolute Gasteiger partial charge is 0.364 e. The zero-order valence-corrected chi connectivity index (χ0v) is 16.0. The van der Waals surface area contributed by atoms with Crippen LogP contribution in [0.3, 0.4) is 0 Å². The van der Waals surface area contributed by atoms with E-state index in [1.54, 1.807) is 18.2 Å². The van der Waals surface area contributed by atoms with Crippen LogP contribution in [0.2, 0.25) is 5.02 Å². The van der Waals surface area contributed by atoms with Crippen LogP contribution in [-0.2, 0) is 13.1 Å². The third-order valence-corrected chi connectivity index (χ3v) is 5.05. The van der Waals surface area contributed by atoms with Crippen LogP contribution in [0.15, 0.2) is 65.3 Å². The van der Waals surface area contributed by atoms with E-state index in [0.29, 0.717) is 29.5 Å². The van der Waals surface area contributed by atoms with Gasteiger partial charge in [-0.05, 0) is 30.3 Å². The molecule has 0 bridgehead atoms. The Bertz CT molecular complexity index is 1200. The maximum absolute atomic E-state index is 14.1. The van der Waals surface area contributed by atoms with Gasteiger partial charge in [-0.25, -0.2) is 9.37 Å². The highest BCUT2D eigenvalue weighted by Gasteiger charge is 2.19. The predicted octanol–water partition coefficient (Wildman–Crippen LogP) is 5.51. The van der Waals surface area contributed by atoms with Crippen molar-refractivity contribution in [2.45, 2.75) is 13.1 Å². The summed E-state index contributed by atoms with van der Waals surface area (Å²) in [6.07, 6.45) is 3.87. The molecule has 5 nitrogen and oxygen atoms in total. The van der Waals surface area contributed by atoms with Crippen LogP contribution >= 0.6 is 11.6 Å². The second-order valence-electron chi connectivity index (χ2n) is 6.84. The molecule has 0 saturated heterocycles. The van der Waals surface area contributed by atoms with Gasteiger partial charge in [0.1, 0.15) is 17.3 Å². The summed E-state index contributed by atoms with van der Waals surface area (Å²) >= 11 is 5.94. The Morgan fingerprint density at radius 3 is 2.79 bits per heavy atom. The van der Waals surface area contributed by atoms with Crippen molar-refractivity contribution in [1.29, 1.82) is 0 Å². The van der Waals surface area contributed by atoms with Crippen LogP contribution in [0.1, 0.15) is 17.1 Å². The maximum Gasteiger partial charge on any atom is 0.156 e. The van der Waals surface area contributed by atoms with Crippen molar-refractivity contribution in [2.75, 3.05) is 0 Å². The molecule has 1 aliphatic rings. The fourth-order valence-electron chi connectivity index (χ4n) is 3.35. The molecule has 4 aromatic rings. The number of rotatable bonds is 4. The molecule has 0 fully saturated rings. The quantitative estimate of drug-likeness (QED) is 0.485. The Balaban J connectivity index is 1.32. The van der Waals surface area contributed by atoms with Crippen molar-refractivity contribution >= 4 is 17.7 Å². The molecular formula is C22H16ClFN4O. The Kier molecular flexibility index (Phi) is 4.41. The van der Waals surface area contributed by atoms with Gasteiger partial charge in [0.05, 0.1) is 30.0 Å². The van der Waals surface area contributed by atoms with Crippen molar-refractivity contribution in [3.63, 3.8) is 0 Å². The smallest absolute Gasteiger partial charge is 0.156 e. The van der Waals surface area contributed by atoms with Crippen LogP contribution in [0.25, 0.3) is 28.7 Å². The molecule has 0 saturated carbocycles. The summed E-state index contributed by atoms with van der Waals surface area (Å²) < 4.78 is 19.5. The van der Waals surface area contributed by atoms with Crippen LogP contribution in [0.5, 0.6) is 0 Å². The number of hydrogen-bond acceptors (Lipinski definition) is 4. The lowest BCUT2D eigenvalue weighted by atomic mass is 10.1. The molecule has 0 spiro atoms. The Hall–Kier alpha value is -3.38. The number of halogens is 2. The van der Waals surface area contributed by atoms with Gasteiger partial charge in [-0.2, -0.15) is 0 Å². The van der Waals surface area contributed by atoms with Gasteiger partial charge in [-0.1, -0.05) is 41.0 Å². The third kappa shape index (κ3) is 3.54. The van der Waals surface area contributed by atoms with Crippen molar-refractivity contribution in [2.24, 2.45) is 0 Å². The first-order valence-electron chi connectivity index (χ1n) is 9.13. The van der Waals surface area contributed by atoms with Gasteiger partial charge in [-0.15, -0.1) is 0 Å². The lowest BCUT2D eigenvalue weighted by Crippen LogP contribution is -2.19. The molecule has 2 aromatic heterocycles. The minimum Gasteiger partial charge on any atom is -0.364 e. The molecule has 0 aliphatic carbocycles. The summed E-state index contributed by atoms with van der Waals surface area (Å²) in [6, 6.07) is 16.0. The summed E-state index contributed by atoms with van der Waals surface area (Å²) in [5.41, 5.74) is 3.93. The van der Waals surface area contributed by atoms with E-state index in [9.17, 15) is 4.39 Å². The van der Waals surface area contributed by atoms with Crippen LogP contribution in [0.4, 0.5) is 4.39 Å². The van der Waals surface area contributed by atoms with Crippen LogP contribution in [0, 0.1) is 5.82 Å². The second-order valence-corrected chi connectivity index (χ2v) is 7.27. The molecule has 0 unspecified atom stereocenters. The number of fused-ring (bicyclic) bond motifs is 1. The number of benzene rings is 2. The summed E-state index contributed by atoms with van der Waals surface area (Å²) in [5, 5.41) is 4.83. The van der Waals surface area contributed by atoms with E-state index in [-0.39, 0.29) is 5.82 Å². The van der Waals surface area contributed by atoms with Gasteiger partial charge in [0, 0.05) is 22.9 Å². The molecule has 0 amide bonds. The summed E-state index contributed by atoms with van der Waals surface area (Å²) in [5.74, 6) is 0.983. The van der Waals surface area contributed by atoms with Gasteiger partial charge in [0.25, 0.3) is 0 Å². The van der Waals surface area contributed by atoms with Crippen LogP contribution < -0.4 is 0 Å². The second kappa shape index (κ2) is 7.22. The Morgan fingerprint density at radius 1 is 1.14 bits per heavy atom. The van der Waals surface area contributed by atoms with Crippen molar-refractivity contribution in [3.8, 4) is 22.6 Å². The monoisotopic (exact) mass is 406 g/mol. The Morgan fingerprint density at radius 2 is 1.97 bits per heavy atom. The molecule has 3 heterocycles. The van der Waals surface area contributed by atoms with E-state index in [1.807, 2.05) is 42.6 Å². The first-order chi connectivity index (χ1) is 14.2. The number of aromatic nitrogens is 3. The van der Waals surface area contributed by atoms with Gasteiger partial charge in [0.15, 0.2) is 5.76 Å². The summed E-state index contributed by atoms with van der Waals surface area (Å²) in [7, 11) is 0. The number of aromatic amines is 1. The molecule has 0 atom stereocenters. The zero-order valence-electron chi connectivity index (χ0n) is 15.3. The highest BCUT2D eigenvalue weighted by atomic mass is 35.5. The van der Waals surface area contributed by atoms with Gasteiger partial charge in [0.2, 0.25) is 0 Å².